The van der Waals surface area contributed by atoms with E-state index in [-0.39, 0.29) is 36.2 Å². The van der Waals surface area contributed by atoms with Gasteiger partial charge in [-0.1, -0.05) is 20.8 Å². The summed E-state index contributed by atoms with van der Waals surface area (Å²) in [6, 6.07) is 2.66. The topological polar surface area (TPSA) is 112 Å². The van der Waals surface area contributed by atoms with Gasteiger partial charge in [-0.15, -0.1) is 0 Å². The van der Waals surface area contributed by atoms with Gasteiger partial charge in [-0.2, -0.15) is 0 Å². The standard InChI is InChI=1S/C18H27N3O5/c1-4-21(10-15(22)23)13-8-12(9-13)19-18(25)16(11(2)3)20-17(24)14-6-5-7-26-14/h5-7,11-13,16H,4,8-10H2,1-3H3,(H,19,25)(H,20,24)(H,22,23). The number of carboxylic acid groups (broad SMARTS) is 1. The molecule has 1 heterocycles. The predicted molar refractivity (Wildman–Crippen MR) is 94.6 cm³/mol. The second-order valence-corrected chi connectivity index (χ2v) is 6.96. The number of nitrogens with zero attached hydrogens (tertiary/aromatic N) is 1. The Morgan fingerprint density at radius 3 is 2.54 bits per heavy atom. The molecular formula is C18H27N3O5. The zero-order chi connectivity index (χ0) is 19.3. The molecule has 8 heteroatoms. The van der Waals surface area contributed by atoms with Gasteiger partial charge in [0.15, 0.2) is 5.76 Å². The number of carboxylic acids is 1. The summed E-state index contributed by atoms with van der Waals surface area (Å²) in [4.78, 5) is 37.5. The van der Waals surface area contributed by atoms with E-state index in [0.29, 0.717) is 19.4 Å². The second-order valence-electron chi connectivity index (χ2n) is 6.96. The first-order valence-electron chi connectivity index (χ1n) is 8.92. The van der Waals surface area contributed by atoms with Crippen LogP contribution >= 0.6 is 0 Å². The lowest BCUT2D eigenvalue weighted by atomic mass is 9.85. The maximum atomic E-state index is 12.6. The van der Waals surface area contributed by atoms with Crippen LogP contribution in [0.1, 0.15) is 44.2 Å². The first-order chi connectivity index (χ1) is 12.3. The molecule has 0 aliphatic heterocycles. The van der Waals surface area contributed by atoms with Crippen LogP contribution < -0.4 is 10.6 Å². The average molecular weight is 365 g/mol. The lowest BCUT2D eigenvalue weighted by molar-refractivity contribution is -0.140. The van der Waals surface area contributed by atoms with Gasteiger partial charge in [0, 0.05) is 12.1 Å². The number of rotatable bonds is 9. The fourth-order valence-electron chi connectivity index (χ4n) is 3.12. The van der Waals surface area contributed by atoms with E-state index in [4.69, 9.17) is 9.52 Å². The van der Waals surface area contributed by atoms with Gasteiger partial charge in [0.05, 0.1) is 12.8 Å². The van der Waals surface area contributed by atoms with Gasteiger partial charge < -0.3 is 20.2 Å². The molecule has 144 valence electrons. The maximum absolute atomic E-state index is 12.6. The van der Waals surface area contributed by atoms with Crippen molar-refractivity contribution in [2.75, 3.05) is 13.1 Å². The number of amides is 2. The smallest absolute Gasteiger partial charge is 0.317 e. The molecule has 26 heavy (non-hydrogen) atoms. The van der Waals surface area contributed by atoms with Crippen molar-refractivity contribution in [3.05, 3.63) is 24.2 Å². The van der Waals surface area contributed by atoms with E-state index in [0.717, 1.165) is 0 Å². The molecule has 1 aliphatic rings. The van der Waals surface area contributed by atoms with E-state index in [1.54, 1.807) is 12.1 Å². The fourth-order valence-corrected chi connectivity index (χ4v) is 3.12. The Morgan fingerprint density at radius 1 is 1.35 bits per heavy atom. The summed E-state index contributed by atoms with van der Waals surface area (Å²) >= 11 is 0. The minimum atomic E-state index is -0.847. The maximum Gasteiger partial charge on any atom is 0.317 e. The van der Waals surface area contributed by atoms with E-state index in [9.17, 15) is 14.4 Å². The molecule has 0 radical (unpaired) electrons. The van der Waals surface area contributed by atoms with Crippen LogP contribution in [0.3, 0.4) is 0 Å². The molecule has 2 amide bonds. The number of likely N-dealkylation sites (N-methyl/N-ethyl adjacent to an activating group) is 1. The summed E-state index contributed by atoms with van der Waals surface area (Å²) in [6.07, 6.45) is 2.83. The van der Waals surface area contributed by atoms with Crippen LogP contribution in [0.2, 0.25) is 0 Å². The molecule has 0 saturated heterocycles. The minimum absolute atomic E-state index is 0.00268. The zero-order valence-corrected chi connectivity index (χ0v) is 15.4. The first kappa shape index (κ1) is 20.0. The van der Waals surface area contributed by atoms with Crippen LogP contribution in [0.5, 0.6) is 0 Å². The SMILES string of the molecule is CCN(CC(=O)O)C1CC(NC(=O)C(NC(=O)c2ccco2)C(C)C)C1. The van der Waals surface area contributed by atoms with E-state index in [2.05, 4.69) is 10.6 Å². The highest BCUT2D eigenvalue weighted by Gasteiger charge is 2.36. The molecule has 8 nitrogen and oxygen atoms in total. The molecule has 1 unspecified atom stereocenters. The quantitative estimate of drug-likeness (QED) is 0.604. The third-order valence-corrected chi connectivity index (χ3v) is 4.70. The molecule has 3 N–H and O–H groups in total. The van der Waals surface area contributed by atoms with Crippen LogP contribution in [-0.2, 0) is 9.59 Å². The van der Waals surface area contributed by atoms with E-state index in [1.165, 1.54) is 6.26 Å². The lowest BCUT2D eigenvalue weighted by Crippen LogP contribution is -2.58. The van der Waals surface area contributed by atoms with Gasteiger partial charge in [-0.25, -0.2) is 0 Å². The van der Waals surface area contributed by atoms with Gasteiger partial charge in [0.2, 0.25) is 5.91 Å². The number of hydrogen-bond donors (Lipinski definition) is 3. The molecule has 0 spiro atoms. The van der Waals surface area contributed by atoms with Gasteiger partial charge in [-0.3, -0.25) is 19.3 Å². The van der Waals surface area contributed by atoms with Crippen molar-refractivity contribution in [2.24, 2.45) is 5.92 Å². The zero-order valence-electron chi connectivity index (χ0n) is 15.4. The van der Waals surface area contributed by atoms with Crippen molar-refractivity contribution in [3.63, 3.8) is 0 Å². The number of hydrogen-bond acceptors (Lipinski definition) is 5. The van der Waals surface area contributed by atoms with Gasteiger partial charge in [0.1, 0.15) is 6.04 Å². The van der Waals surface area contributed by atoms with Crippen LogP contribution in [0.4, 0.5) is 0 Å². The molecule has 1 aromatic heterocycles. The van der Waals surface area contributed by atoms with Gasteiger partial charge >= 0.3 is 5.97 Å². The fraction of sp³-hybridized carbons (Fsp3) is 0.611. The molecule has 1 aliphatic carbocycles. The number of furan rings is 1. The van der Waals surface area contributed by atoms with Crippen molar-refractivity contribution in [1.82, 2.24) is 15.5 Å². The summed E-state index contributed by atoms with van der Waals surface area (Å²) in [7, 11) is 0. The Balaban J connectivity index is 1.85. The minimum Gasteiger partial charge on any atom is -0.480 e. The van der Waals surface area contributed by atoms with E-state index in [1.807, 2.05) is 25.7 Å². The van der Waals surface area contributed by atoms with Gasteiger partial charge in [0.25, 0.3) is 5.91 Å². The van der Waals surface area contributed by atoms with Crippen LogP contribution in [0.15, 0.2) is 22.8 Å². The van der Waals surface area contributed by atoms with E-state index >= 15 is 0 Å². The highest BCUT2D eigenvalue weighted by Crippen LogP contribution is 2.25. The molecule has 2 rings (SSSR count). The average Bonchev–Trinajstić information content (AvgIpc) is 3.07. The Kier molecular flexibility index (Phi) is 6.79. The summed E-state index contributed by atoms with van der Waals surface area (Å²) in [5.41, 5.74) is 0. The third-order valence-electron chi connectivity index (χ3n) is 4.70. The Morgan fingerprint density at radius 2 is 2.04 bits per heavy atom. The Hall–Kier alpha value is -2.35. The van der Waals surface area contributed by atoms with Crippen molar-refractivity contribution in [2.45, 2.75) is 51.7 Å². The van der Waals surface area contributed by atoms with Crippen LogP contribution in [-0.4, -0.2) is 59.0 Å². The summed E-state index contributed by atoms with van der Waals surface area (Å²) in [6.45, 7) is 6.32. The highest BCUT2D eigenvalue weighted by molar-refractivity contribution is 5.95. The molecule has 1 aromatic rings. The normalized spacial score (nSPS) is 20.5. The monoisotopic (exact) mass is 365 g/mol. The number of carbonyl (C=O) groups is 3. The summed E-state index contributed by atoms with van der Waals surface area (Å²) in [5, 5.41) is 14.6. The lowest BCUT2D eigenvalue weighted by Gasteiger charge is -2.42. The molecular weight excluding hydrogens is 338 g/mol. The molecule has 1 fully saturated rings. The van der Waals surface area contributed by atoms with E-state index < -0.39 is 17.9 Å². The number of aliphatic carboxylic acids is 1. The van der Waals surface area contributed by atoms with Crippen molar-refractivity contribution in [1.29, 1.82) is 0 Å². The van der Waals surface area contributed by atoms with Gasteiger partial charge in [-0.05, 0) is 37.4 Å². The predicted octanol–water partition coefficient (Wildman–Crippen LogP) is 1.09. The molecule has 1 saturated carbocycles. The number of nitrogens with one attached hydrogen (secondary N) is 2. The largest absolute Gasteiger partial charge is 0.480 e. The summed E-state index contributed by atoms with van der Waals surface area (Å²) < 4.78 is 5.06. The third kappa shape index (κ3) is 5.08. The van der Waals surface area contributed by atoms with Crippen molar-refractivity contribution >= 4 is 17.8 Å². The van der Waals surface area contributed by atoms with Crippen molar-refractivity contribution < 1.29 is 23.9 Å². The highest BCUT2D eigenvalue weighted by atomic mass is 16.4. The molecule has 0 aromatic carbocycles. The van der Waals surface area contributed by atoms with Crippen molar-refractivity contribution in [3.8, 4) is 0 Å². The Bertz CT molecular complexity index is 623. The molecule has 1 atom stereocenters. The van der Waals surface area contributed by atoms with Crippen LogP contribution in [0, 0.1) is 5.92 Å². The summed E-state index contributed by atoms with van der Waals surface area (Å²) in [5.74, 6) is -1.42. The number of carbonyl (C=O) groups excluding carboxylic acids is 2. The second kappa shape index (κ2) is 8.84. The van der Waals surface area contributed by atoms with Crippen LogP contribution in [0.25, 0.3) is 0 Å². The first-order valence-corrected chi connectivity index (χ1v) is 8.92. The Labute approximate surface area is 152 Å². The molecule has 0 bridgehead atoms.